The Morgan fingerprint density at radius 3 is 2.83 bits per heavy atom. The number of hydrogen-bond acceptors (Lipinski definition) is 3. The number of nitrogens with zero attached hydrogens (tertiary/aromatic N) is 2. The summed E-state index contributed by atoms with van der Waals surface area (Å²) in [7, 11) is 2.17. The molecule has 2 N–H and O–H groups in total. The second-order valence-electron chi connectivity index (χ2n) is 7.42. The summed E-state index contributed by atoms with van der Waals surface area (Å²) in [6.07, 6.45) is 4.30. The monoisotopic (exact) mass is 332 g/mol. The summed E-state index contributed by atoms with van der Waals surface area (Å²) in [6.45, 7) is 3.71. The van der Waals surface area contributed by atoms with Gasteiger partial charge in [-0.15, -0.1) is 0 Å². The Morgan fingerprint density at radius 2 is 2.21 bits per heavy atom. The van der Waals surface area contributed by atoms with Gasteiger partial charge in [-0.1, -0.05) is 0 Å². The molecule has 1 aromatic carbocycles. The lowest BCUT2D eigenvalue weighted by Gasteiger charge is -2.38. The van der Waals surface area contributed by atoms with Crippen LogP contribution in [-0.4, -0.2) is 53.0 Å². The molecule has 6 heteroatoms. The van der Waals surface area contributed by atoms with Crippen LogP contribution in [0.1, 0.15) is 40.7 Å². The van der Waals surface area contributed by atoms with Crippen LogP contribution in [0.5, 0.6) is 0 Å². The van der Waals surface area contributed by atoms with Crippen molar-refractivity contribution in [3.8, 4) is 0 Å². The predicted octanol–water partition coefficient (Wildman–Crippen LogP) is 1.57. The summed E-state index contributed by atoms with van der Waals surface area (Å²) in [5, 5.41) is 8.74. The zero-order valence-corrected chi connectivity index (χ0v) is 13.9. The first-order valence-corrected chi connectivity index (χ1v) is 8.58. The van der Waals surface area contributed by atoms with Crippen molar-refractivity contribution >= 4 is 11.6 Å². The van der Waals surface area contributed by atoms with Crippen molar-refractivity contribution in [3.05, 3.63) is 34.6 Å². The maximum absolute atomic E-state index is 14.5. The van der Waals surface area contributed by atoms with Crippen molar-refractivity contribution in [1.82, 2.24) is 10.4 Å². The van der Waals surface area contributed by atoms with E-state index in [0.717, 1.165) is 38.0 Å². The SMILES string of the molecule is CN1CC[C@]2(CCC2=[N+]2CCc3cc(C(=O)NO)cc(F)c3C2)C1. The van der Waals surface area contributed by atoms with Crippen molar-refractivity contribution in [2.75, 3.05) is 26.7 Å². The fourth-order valence-corrected chi connectivity index (χ4v) is 4.65. The molecule has 1 aromatic rings. The Morgan fingerprint density at radius 1 is 1.38 bits per heavy atom. The normalized spacial score (nSPS) is 29.5. The van der Waals surface area contributed by atoms with E-state index < -0.39 is 5.91 Å². The molecule has 0 radical (unpaired) electrons. The van der Waals surface area contributed by atoms with Crippen molar-refractivity contribution in [1.29, 1.82) is 0 Å². The topological polar surface area (TPSA) is 55.6 Å². The van der Waals surface area contributed by atoms with Crippen molar-refractivity contribution in [2.45, 2.75) is 32.2 Å². The zero-order valence-electron chi connectivity index (χ0n) is 13.9. The number of likely N-dealkylation sites (tertiary alicyclic amines) is 1. The highest BCUT2D eigenvalue weighted by atomic mass is 19.1. The van der Waals surface area contributed by atoms with E-state index in [2.05, 4.69) is 16.5 Å². The largest absolute Gasteiger partial charge is 0.305 e. The lowest BCUT2D eigenvalue weighted by molar-refractivity contribution is -0.554. The average molecular weight is 332 g/mol. The maximum Gasteiger partial charge on any atom is 0.274 e. The van der Waals surface area contributed by atoms with E-state index in [0.29, 0.717) is 17.5 Å². The summed E-state index contributed by atoms with van der Waals surface area (Å²) in [5.74, 6) is -1.02. The van der Waals surface area contributed by atoms with Crippen LogP contribution in [0.4, 0.5) is 4.39 Å². The molecule has 1 atom stereocenters. The highest BCUT2D eigenvalue weighted by Gasteiger charge is 2.53. The first-order valence-electron chi connectivity index (χ1n) is 8.58. The third kappa shape index (κ3) is 2.36. The van der Waals surface area contributed by atoms with Gasteiger partial charge in [0.2, 0.25) is 0 Å². The molecule has 0 aromatic heterocycles. The van der Waals surface area contributed by atoms with E-state index in [1.165, 1.54) is 24.6 Å². The number of carbonyl (C=O) groups is 1. The van der Waals surface area contributed by atoms with Gasteiger partial charge in [0.25, 0.3) is 5.91 Å². The number of fused-ring (bicyclic) bond motifs is 1. The minimum absolute atomic E-state index is 0.174. The van der Waals surface area contributed by atoms with Gasteiger partial charge in [-0.2, -0.15) is 0 Å². The number of hydrogen-bond donors (Lipinski definition) is 2. The van der Waals surface area contributed by atoms with Gasteiger partial charge >= 0.3 is 0 Å². The molecule has 0 bridgehead atoms. The summed E-state index contributed by atoms with van der Waals surface area (Å²) >= 11 is 0. The molecule has 1 saturated carbocycles. The average Bonchev–Trinajstić information content (AvgIpc) is 2.98. The number of amides is 1. The van der Waals surface area contributed by atoms with Crippen LogP contribution in [0.3, 0.4) is 0 Å². The quantitative estimate of drug-likeness (QED) is 0.466. The molecule has 1 amide bonds. The molecule has 3 aliphatic rings. The van der Waals surface area contributed by atoms with Gasteiger partial charge in [0, 0.05) is 24.9 Å². The molecule has 2 heterocycles. The summed E-state index contributed by atoms with van der Waals surface area (Å²) < 4.78 is 16.9. The summed E-state index contributed by atoms with van der Waals surface area (Å²) in [6, 6.07) is 2.92. The number of nitrogens with one attached hydrogen (secondary N) is 1. The van der Waals surface area contributed by atoms with E-state index in [-0.39, 0.29) is 11.4 Å². The van der Waals surface area contributed by atoms with Gasteiger partial charge in [-0.25, -0.2) is 14.4 Å². The maximum atomic E-state index is 14.5. The lowest BCUT2D eigenvalue weighted by atomic mass is 9.65. The van der Waals surface area contributed by atoms with Crippen LogP contribution in [0, 0.1) is 11.2 Å². The molecule has 0 unspecified atom stereocenters. The number of benzene rings is 1. The van der Waals surface area contributed by atoms with Crippen LogP contribution < -0.4 is 5.48 Å². The van der Waals surface area contributed by atoms with E-state index >= 15 is 0 Å². The van der Waals surface area contributed by atoms with Gasteiger partial charge in [-0.3, -0.25) is 10.0 Å². The van der Waals surface area contributed by atoms with Crippen molar-refractivity contribution < 1.29 is 19.0 Å². The molecule has 2 fully saturated rings. The Hall–Kier alpha value is -1.79. The number of carbonyl (C=O) groups excluding carboxylic acids is 1. The molecule has 5 nitrogen and oxygen atoms in total. The highest BCUT2D eigenvalue weighted by molar-refractivity contribution is 5.94. The Bertz CT molecular complexity index is 746. The van der Waals surface area contributed by atoms with Crippen molar-refractivity contribution in [3.63, 3.8) is 0 Å². The zero-order chi connectivity index (χ0) is 16.9. The molecule has 1 spiro atoms. The molecule has 4 rings (SSSR count). The standard InChI is InChI=1S/C18H22FN3O2/c1-21-7-5-18(11-21)4-2-16(18)22-6-3-12-8-13(17(23)20-24)9-15(19)14(12)10-22/h8-9H,2-7,10-11H2,1H3,(H-,20,23,24)/p+1/t18-/m1/s1. The second-order valence-corrected chi connectivity index (χ2v) is 7.42. The van der Waals surface area contributed by atoms with Gasteiger partial charge in [0.15, 0.2) is 12.3 Å². The molecule has 128 valence electrons. The number of halogens is 1. The molecule has 1 saturated heterocycles. The van der Waals surface area contributed by atoms with Gasteiger partial charge in [-0.05, 0) is 44.1 Å². The molecule has 1 aliphatic carbocycles. The highest BCUT2D eigenvalue weighted by Crippen LogP contribution is 2.45. The Labute approximate surface area is 140 Å². The smallest absolute Gasteiger partial charge is 0.274 e. The van der Waals surface area contributed by atoms with Crippen LogP contribution in [-0.2, 0) is 13.0 Å². The summed E-state index contributed by atoms with van der Waals surface area (Å²) in [4.78, 5) is 13.9. The van der Waals surface area contributed by atoms with Crippen LogP contribution in [0.2, 0.25) is 0 Å². The Kier molecular flexibility index (Phi) is 3.69. The molecular formula is C18H23FN3O2+. The second kappa shape index (κ2) is 5.63. The summed E-state index contributed by atoms with van der Waals surface area (Å²) in [5.41, 5.74) is 5.13. The Balaban J connectivity index is 1.65. The first kappa shape index (κ1) is 15.7. The molecule has 2 aliphatic heterocycles. The van der Waals surface area contributed by atoms with Crippen molar-refractivity contribution in [2.24, 2.45) is 5.41 Å². The minimum atomic E-state index is -0.666. The third-order valence-electron chi connectivity index (χ3n) is 6.03. The van der Waals surface area contributed by atoms with Gasteiger partial charge < -0.3 is 4.90 Å². The van der Waals surface area contributed by atoms with E-state index in [4.69, 9.17) is 5.21 Å². The third-order valence-corrected chi connectivity index (χ3v) is 6.03. The van der Waals surface area contributed by atoms with Crippen LogP contribution in [0.15, 0.2) is 12.1 Å². The number of hydroxylamine groups is 1. The van der Waals surface area contributed by atoms with Gasteiger partial charge in [0.05, 0.1) is 11.0 Å². The predicted molar refractivity (Wildman–Crippen MR) is 87.0 cm³/mol. The molecule has 24 heavy (non-hydrogen) atoms. The van der Waals surface area contributed by atoms with Crippen LogP contribution >= 0.6 is 0 Å². The number of rotatable bonds is 1. The first-order chi connectivity index (χ1) is 11.5. The van der Waals surface area contributed by atoms with E-state index in [9.17, 15) is 9.18 Å². The van der Waals surface area contributed by atoms with E-state index in [1.54, 1.807) is 11.5 Å². The fourth-order valence-electron chi connectivity index (χ4n) is 4.65. The lowest BCUT2D eigenvalue weighted by Crippen LogP contribution is -2.49. The van der Waals surface area contributed by atoms with Crippen LogP contribution in [0.25, 0.3) is 0 Å². The van der Waals surface area contributed by atoms with E-state index in [1.807, 2.05) is 0 Å². The fraction of sp³-hybridized carbons (Fsp3) is 0.556. The minimum Gasteiger partial charge on any atom is -0.305 e. The van der Waals surface area contributed by atoms with Gasteiger partial charge in [0.1, 0.15) is 12.4 Å². The molecular weight excluding hydrogens is 309 g/mol.